The van der Waals surface area contributed by atoms with Crippen molar-refractivity contribution in [1.29, 1.82) is 0 Å². The number of carbonyl (C=O) groups is 1. The van der Waals surface area contributed by atoms with Crippen molar-refractivity contribution in [3.05, 3.63) is 41.0 Å². The first-order chi connectivity index (χ1) is 11.4. The van der Waals surface area contributed by atoms with Crippen LogP contribution >= 0.6 is 0 Å². The number of methoxy groups -OCH3 is 2. The van der Waals surface area contributed by atoms with Crippen molar-refractivity contribution in [2.45, 2.75) is 33.6 Å². The number of ether oxygens (including phenoxy) is 3. The fraction of sp³-hybridized carbons (Fsp3) is 0.421. The van der Waals surface area contributed by atoms with Crippen molar-refractivity contribution in [3.63, 3.8) is 0 Å². The molecular formula is C19H26O5. The van der Waals surface area contributed by atoms with Gasteiger partial charge in [0.05, 0.1) is 19.8 Å². The SMILES string of the molecule is COc1cc(C(=O)O)cc(OC/C=C(\C)CCC=C(C)C)c1OC. The van der Waals surface area contributed by atoms with Crippen molar-refractivity contribution in [2.75, 3.05) is 20.8 Å². The van der Waals surface area contributed by atoms with E-state index in [1.54, 1.807) is 0 Å². The Kier molecular flexibility index (Phi) is 7.89. The van der Waals surface area contributed by atoms with Crippen LogP contribution in [0.1, 0.15) is 44.0 Å². The largest absolute Gasteiger partial charge is 0.493 e. The van der Waals surface area contributed by atoms with Crippen LogP contribution in [0.5, 0.6) is 17.2 Å². The standard InChI is InChI=1S/C19H26O5/c1-13(2)7-6-8-14(3)9-10-24-17-12-15(19(20)21)11-16(22-4)18(17)23-5/h7,9,11-12H,6,8,10H2,1-5H3,(H,20,21)/b14-9+. The van der Waals surface area contributed by atoms with Crippen molar-refractivity contribution in [2.24, 2.45) is 0 Å². The fourth-order valence-electron chi connectivity index (χ4n) is 2.12. The molecule has 1 aromatic carbocycles. The molecule has 5 heteroatoms. The Labute approximate surface area is 143 Å². The zero-order valence-electron chi connectivity index (χ0n) is 15.0. The fourth-order valence-corrected chi connectivity index (χ4v) is 2.12. The summed E-state index contributed by atoms with van der Waals surface area (Å²) in [7, 11) is 2.95. The minimum absolute atomic E-state index is 0.0897. The van der Waals surface area contributed by atoms with E-state index >= 15 is 0 Å². The van der Waals surface area contributed by atoms with E-state index in [4.69, 9.17) is 14.2 Å². The third kappa shape index (κ3) is 5.99. The number of hydrogen-bond donors (Lipinski definition) is 1. The van der Waals surface area contributed by atoms with Gasteiger partial charge in [0.25, 0.3) is 0 Å². The maximum absolute atomic E-state index is 11.2. The third-order valence-corrected chi connectivity index (χ3v) is 3.45. The summed E-state index contributed by atoms with van der Waals surface area (Å²) in [6.07, 6.45) is 6.14. The van der Waals surface area contributed by atoms with E-state index < -0.39 is 5.97 Å². The van der Waals surface area contributed by atoms with Gasteiger partial charge in [-0.15, -0.1) is 0 Å². The number of rotatable bonds is 9. The molecule has 5 nitrogen and oxygen atoms in total. The summed E-state index contributed by atoms with van der Waals surface area (Å²) in [5.41, 5.74) is 2.61. The third-order valence-electron chi connectivity index (χ3n) is 3.45. The van der Waals surface area contributed by atoms with Crippen molar-refractivity contribution in [1.82, 2.24) is 0 Å². The topological polar surface area (TPSA) is 65.0 Å². The van der Waals surface area contributed by atoms with Crippen molar-refractivity contribution < 1.29 is 24.1 Å². The predicted molar refractivity (Wildman–Crippen MR) is 94.4 cm³/mol. The molecular weight excluding hydrogens is 308 g/mol. The molecule has 0 aromatic heterocycles. The summed E-state index contributed by atoms with van der Waals surface area (Å²) in [6, 6.07) is 2.85. The summed E-state index contributed by atoms with van der Waals surface area (Å²) >= 11 is 0. The van der Waals surface area contributed by atoms with Gasteiger partial charge in [0, 0.05) is 0 Å². The molecule has 0 aliphatic heterocycles. The van der Waals surface area contributed by atoms with Gasteiger partial charge in [-0.05, 0) is 51.8 Å². The lowest BCUT2D eigenvalue weighted by Gasteiger charge is -2.14. The molecule has 0 fully saturated rings. The zero-order valence-corrected chi connectivity index (χ0v) is 15.0. The van der Waals surface area contributed by atoms with Gasteiger partial charge in [0.2, 0.25) is 5.75 Å². The van der Waals surface area contributed by atoms with E-state index in [9.17, 15) is 9.90 Å². The van der Waals surface area contributed by atoms with E-state index in [0.717, 1.165) is 12.8 Å². The summed E-state index contributed by atoms with van der Waals surface area (Å²) in [5, 5.41) is 9.18. The molecule has 0 spiro atoms. The highest BCUT2D eigenvalue weighted by Gasteiger charge is 2.16. The number of carboxylic acids is 1. The number of carboxylic acid groups (broad SMARTS) is 1. The molecule has 24 heavy (non-hydrogen) atoms. The minimum Gasteiger partial charge on any atom is -0.493 e. The summed E-state index contributed by atoms with van der Waals surface area (Å²) in [5.74, 6) is 0.0200. The quantitative estimate of drug-likeness (QED) is 0.675. The monoisotopic (exact) mass is 334 g/mol. The molecule has 0 atom stereocenters. The average molecular weight is 334 g/mol. The van der Waals surface area contributed by atoms with Crippen LogP contribution in [0.3, 0.4) is 0 Å². The first kappa shape index (κ1) is 19.6. The molecule has 0 saturated heterocycles. The molecule has 1 aromatic rings. The molecule has 0 amide bonds. The van der Waals surface area contributed by atoms with Crippen molar-refractivity contribution >= 4 is 5.97 Å². The Morgan fingerprint density at radius 1 is 1.08 bits per heavy atom. The molecule has 0 aliphatic carbocycles. The molecule has 0 radical (unpaired) electrons. The summed E-state index contributed by atoms with van der Waals surface area (Å²) < 4.78 is 16.2. The maximum atomic E-state index is 11.2. The van der Waals surface area contributed by atoms with Crippen LogP contribution in [0.25, 0.3) is 0 Å². The second kappa shape index (κ2) is 9.65. The Hall–Kier alpha value is -2.43. The molecule has 1 rings (SSSR count). The van der Waals surface area contributed by atoms with Crippen LogP contribution in [0.2, 0.25) is 0 Å². The molecule has 0 aliphatic rings. The smallest absolute Gasteiger partial charge is 0.335 e. The lowest BCUT2D eigenvalue weighted by Crippen LogP contribution is -2.03. The van der Waals surface area contributed by atoms with E-state index in [1.165, 1.54) is 37.5 Å². The van der Waals surface area contributed by atoms with Crippen LogP contribution in [0.4, 0.5) is 0 Å². The van der Waals surface area contributed by atoms with Crippen LogP contribution in [-0.4, -0.2) is 31.9 Å². The summed E-state index contributed by atoms with van der Waals surface area (Å²) in [4.78, 5) is 11.2. The Balaban J connectivity index is 2.84. The van der Waals surface area contributed by atoms with Crippen LogP contribution in [-0.2, 0) is 0 Å². The normalized spacial score (nSPS) is 11.0. The Morgan fingerprint density at radius 3 is 2.29 bits per heavy atom. The van der Waals surface area contributed by atoms with Gasteiger partial charge in [0.15, 0.2) is 11.5 Å². The summed E-state index contributed by atoms with van der Waals surface area (Å²) in [6.45, 7) is 6.55. The Bertz CT molecular complexity index is 625. The minimum atomic E-state index is -1.05. The second-order valence-corrected chi connectivity index (χ2v) is 5.70. The molecule has 0 heterocycles. The van der Waals surface area contributed by atoms with Crippen molar-refractivity contribution in [3.8, 4) is 17.2 Å². The maximum Gasteiger partial charge on any atom is 0.335 e. The van der Waals surface area contributed by atoms with E-state index in [2.05, 4.69) is 19.9 Å². The molecule has 132 valence electrons. The predicted octanol–water partition coefficient (Wildman–Crippen LogP) is 4.47. The lowest BCUT2D eigenvalue weighted by atomic mass is 10.1. The van der Waals surface area contributed by atoms with Gasteiger partial charge in [-0.1, -0.05) is 17.2 Å². The van der Waals surface area contributed by atoms with Gasteiger partial charge in [0.1, 0.15) is 6.61 Å². The first-order valence-corrected chi connectivity index (χ1v) is 7.80. The lowest BCUT2D eigenvalue weighted by molar-refractivity contribution is 0.0696. The average Bonchev–Trinajstić information content (AvgIpc) is 2.53. The first-order valence-electron chi connectivity index (χ1n) is 7.80. The number of allylic oxidation sites excluding steroid dienone is 3. The highest BCUT2D eigenvalue weighted by molar-refractivity contribution is 5.89. The van der Waals surface area contributed by atoms with E-state index in [1.807, 2.05) is 13.0 Å². The highest BCUT2D eigenvalue weighted by atomic mass is 16.5. The van der Waals surface area contributed by atoms with Crippen LogP contribution in [0, 0.1) is 0 Å². The number of aromatic carboxylic acids is 1. The van der Waals surface area contributed by atoms with E-state index in [-0.39, 0.29) is 5.56 Å². The molecule has 0 saturated carbocycles. The molecule has 0 unspecified atom stereocenters. The number of benzene rings is 1. The van der Waals surface area contributed by atoms with Gasteiger partial charge in [-0.2, -0.15) is 0 Å². The van der Waals surface area contributed by atoms with Gasteiger partial charge >= 0.3 is 5.97 Å². The highest BCUT2D eigenvalue weighted by Crippen LogP contribution is 2.38. The molecule has 0 bridgehead atoms. The van der Waals surface area contributed by atoms with Gasteiger partial charge < -0.3 is 19.3 Å². The van der Waals surface area contributed by atoms with Crippen LogP contribution in [0.15, 0.2) is 35.4 Å². The van der Waals surface area contributed by atoms with Gasteiger partial charge in [-0.3, -0.25) is 0 Å². The second-order valence-electron chi connectivity index (χ2n) is 5.70. The van der Waals surface area contributed by atoms with Gasteiger partial charge in [-0.25, -0.2) is 4.79 Å². The zero-order chi connectivity index (χ0) is 18.1. The Morgan fingerprint density at radius 2 is 1.75 bits per heavy atom. The molecule has 1 N–H and O–H groups in total. The number of hydrogen-bond acceptors (Lipinski definition) is 4. The van der Waals surface area contributed by atoms with E-state index in [0.29, 0.717) is 23.9 Å². The van der Waals surface area contributed by atoms with Crippen LogP contribution < -0.4 is 14.2 Å².